The molecular formula is C10H11N3O. The summed E-state index contributed by atoms with van der Waals surface area (Å²) in [5.41, 5.74) is 6.83. The lowest BCUT2D eigenvalue weighted by Crippen LogP contribution is -2.27. The number of carbonyl (C=O) groups excluding carboxylic acids is 1. The molecular weight excluding hydrogens is 178 g/mol. The first kappa shape index (κ1) is 8.90. The fourth-order valence-electron chi connectivity index (χ4n) is 1.35. The smallest absolute Gasteiger partial charge is 0.197 e. The van der Waals surface area contributed by atoms with E-state index in [0.717, 1.165) is 5.65 Å². The van der Waals surface area contributed by atoms with Crippen LogP contribution < -0.4 is 5.73 Å². The first-order chi connectivity index (χ1) is 6.70. The largest absolute Gasteiger partial charge is 0.321 e. The molecule has 0 saturated heterocycles. The minimum absolute atomic E-state index is 0.0938. The van der Waals surface area contributed by atoms with Gasteiger partial charge in [-0.3, -0.25) is 9.20 Å². The van der Waals surface area contributed by atoms with Crippen LogP contribution in [0.3, 0.4) is 0 Å². The van der Waals surface area contributed by atoms with Gasteiger partial charge in [0.15, 0.2) is 5.78 Å². The van der Waals surface area contributed by atoms with Gasteiger partial charge in [-0.15, -0.1) is 0 Å². The fourth-order valence-corrected chi connectivity index (χ4v) is 1.35. The van der Waals surface area contributed by atoms with Gasteiger partial charge in [-0.25, -0.2) is 4.98 Å². The summed E-state index contributed by atoms with van der Waals surface area (Å²) in [6.45, 7) is 1.67. The average Bonchev–Trinajstić information content (AvgIpc) is 2.60. The number of rotatable bonds is 2. The molecule has 2 rings (SSSR count). The van der Waals surface area contributed by atoms with Gasteiger partial charge in [0.1, 0.15) is 11.3 Å². The first-order valence-corrected chi connectivity index (χ1v) is 4.42. The van der Waals surface area contributed by atoms with Gasteiger partial charge in [0.25, 0.3) is 0 Å². The van der Waals surface area contributed by atoms with Crippen molar-refractivity contribution in [1.82, 2.24) is 9.38 Å². The third-order valence-electron chi connectivity index (χ3n) is 2.08. The summed E-state index contributed by atoms with van der Waals surface area (Å²) in [6, 6.07) is 5.09. The van der Waals surface area contributed by atoms with Crippen molar-refractivity contribution in [3.63, 3.8) is 0 Å². The van der Waals surface area contributed by atoms with Gasteiger partial charge >= 0.3 is 0 Å². The zero-order valence-corrected chi connectivity index (χ0v) is 7.84. The summed E-state index contributed by atoms with van der Waals surface area (Å²) in [5.74, 6) is -0.0938. The lowest BCUT2D eigenvalue weighted by molar-refractivity contribution is 0.0962. The van der Waals surface area contributed by atoms with Crippen LogP contribution in [0.1, 0.15) is 17.4 Å². The van der Waals surface area contributed by atoms with E-state index < -0.39 is 6.04 Å². The number of imidazole rings is 1. The van der Waals surface area contributed by atoms with Gasteiger partial charge in [0.05, 0.1) is 12.2 Å². The Balaban J connectivity index is 2.58. The van der Waals surface area contributed by atoms with Crippen LogP contribution in [0.15, 0.2) is 30.6 Å². The van der Waals surface area contributed by atoms with Crippen molar-refractivity contribution >= 4 is 11.4 Å². The van der Waals surface area contributed by atoms with E-state index in [0.29, 0.717) is 5.69 Å². The molecule has 0 aromatic carbocycles. The molecule has 0 aliphatic rings. The molecule has 1 atom stereocenters. The predicted octanol–water partition coefficient (Wildman–Crippen LogP) is 0.864. The van der Waals surface area contributed by atoms with Crippen LogP contribution in [0.25, 0.3) is 5.65 Å². The Morgan fingerprint density at radius 3 is 3.07 bits per heavy atom. The van der Waals surface area contributed by atoms with Crippen LogP contribution in [-0.4, -0.2) is 21.2 Å². The van der Waals surface area contributed by atoms with E-state index in [1.807, 2.05) is 18.2 Å². The van der Waals surface area contributed by atoms with Crippen LogP contribution in [0.4, 0.5) is 0 Å². The SMILES string of the molecule is CC(N)C(=O)c1cnc2ccccn12. The van der Waals surface area contributed by atoms with Crippen molar-refractivity contribution in [3.8, 4) is 0 Å². The van der Waals surface area contributed by atoms with Gasteiger partial charge in [-0.2, -0.15) is 0 Å². The van der Waals surface area contributed by atoms with Gasteiger partial charge in [-0.05, 0) is 19.1 Å². The molecule has 2 aromatic heterocycles. The summed E-state index contributed by atoms with van der Waals surface area (Å²) < 4.78 is 1.74. The number of aromatic nitrogens is 2. The molecule has 2 heterocycles. The molecule has 0 radical (unpaired) electrons. The Bertz CT molecular complexity index is 473. The summed E-state index contributed by atoms with van der Waals surface area (Å²) in [6.07, 6.45) is 3.36. The number of carbonyl (C=O) groups is 1. The predicted molar refractivity (Wildman–Crippen MR) is 53.2 cm³/mol. The van der Waals surface area contributed by atoms with Crippen LogP contribution in [-0.2, 0) is 0 Å². The summed E-state index contributed by atoms with van der Waals surface area (Å²) in [5, 5.41) is 0. The molecule has 0 aliphatic carbocycles. The van der Waals surface area contributed by atoms with Crippen molar-refractivity contribution in [2.24, 2.45) is 5.73 Å². The van der Waals surface area contributed by atoms with Crippen molar-refractivity contribution in [2.45, 2.75) is 13.0 Å². The first-order valence-electron chi connectivity index (χ1n) is 4.42. The standard InChI is InChI=1S/C10H11N3O/c1-7(11)10(14)8-6-12-9-4-2-3-5-13(8)9/h2-7H,11H2,1H3. The zero-order chi connectivity index (χ0) is 10.1. The maximum absolute atomic E-state index is 11.6. The molecule has 0 amide bonds. The quantitative estimate of drug-likeness (QED) is 0.713. The molecule has 0 aliphatic heterocycles. The van der Waals surface area contributed by atoms with Crippen LogP contribution in [0.5, 0.6) is 0 Å². The van der Waals surface area contributed by atoms with E-state index in [9.17, 15) is 4.79 Å². The molecule has 2 aromatic rings. The van der Waals surface area contributed by atoms with Crippen LogP contribution in [0.2, 0.25) is 0 Å². The highest BCUT2D eigenvalue weighted by molar-refractivity contribution is 5.98. The highest BCUT2D eigenvalue weighted by Crippen LogP contribution is 2.07. The van der Waals surface area contributed by atoms with Crippen molar-refractivity contribution < 1.29 is 4.79 Å². The van der Waals surface area contributed by atoms with Crippen molar-refractivity contribution in [2.75, 3.05) is 0 Å². The minimum Gasteiger partial charge on any atom is -0.321 e. The maximum atomic E-state index is 11.6. The van der Waals surface area contributed by atoms with E-state index >= 15 is 0 Å². The molecule has 72 valence electrons. The molecule has 1 unspecified atom stereocenters. The number of nitrogens with two attached hydrogens (primary N) is 1. The normalized spacial score (nSPS) is 13.0. The Labute approximate surface area is 81.4 Å². The third kappa shape index (κ3) is 1.29. The molecule has 4 nitrogen and oxygen atoms in total. The van der Waals surface area contributed by atoms with Crippen molar-refractivity contribution in [1.29, 1.82) is 0 Å². The van der Waals surface area contributed by atoms with Gasteiger partial charge < -0.3 is 5.73 Å². The van der Waals surface area contributed by atoms with E-state index in [1.165, 1.54) is 0 Å². The molecule has 0 fully saturated rings. The fraction of sp³-hybridized carbons (Fsp3) is 0.200. The molecule has 4 heteroatoms. The number of ketones is 1. The third-order valence-corrected chi connectivity index (χ3v) is 2.08. The average molecular weight is 189 g/mol. The number of nitrogens with zero attached hydrogens (tertiary/aromatic N) is 2. The summed E-state index contributed by atoms with van der Waals surface area (Å²) in [4.78, 5) is 15.7. The summed E-state index contributed by atoms with van der Waals surface area (Å²) in [7, 11) is 0. The number of pyridine rings is 1. The number of hydrogen-bond acceptors (Lipinski definition) is 3. The van der Waals surface area contributed by atoms with Gasteiger partial charge in [0.2, 0.25) is 0 Å². The zero-order valence-electron chi connectivity index (χ0n) is 7.84. The second-order valence-electron chi connectivity index (χ2n) is 3.23. The highest BCUT2D eigenvalue weighted by Gasteiger charge is 2.14. The Kier molecular flexibility index (Phi) is 2.05. The maximum Gasteiger partial charge on any atom is 0.197 e. The second-order valence-corrected chi connectivity index (χ2v) is 3.23. The topological polar surface area (TPSA) is 60.4 Å². The Morgan fingerprint density at radius 2 is 2.36 bits per heavy atom. The van der Waals surface area contributed by atoms with Gasteiger partial charge in [-0.1, -0.05) is 6.07 Å². The lowest BCUT2D eigenvalue weighted by atomic mass is 10.2. The molecule has 2 N–H and O–H groups in total. The Hall–Kier alpha value is -1.68. The van der Waals surface area contributed by atoms with Gasteiger partial charge in [0, 0.05) is 6.20 Å². The number of Topliss-reactive ketones (excluding diaryl/α,β-unsaturated/α-hetero) is 1. The van der Waals surface area contributed by atoms with Crippen molar-refractivity contribution in [3.05, 3.63) is 36.3 Å². The molecule has 0 bridgehead atoms. The molecule has 14 heavy (non-hydrogen) atoms. The van der Waals surface area contributed by atoms with E-state index in [4.69, 9.17) is 5.73 Å². The van der Waals surface area contributed by atoms with Crippen LogP contribution >= 0.6 is 0 Å². The Morgan fingerprint density at radius 1 is 1.57 bits per heavy atom. The van der Waals surface area contributed by atoms with E-state index in [1.54, 1.807) is 23.7 Å². The summed E-state index contributed by atoms with van der Waals surface area (Å²) >= 11 is 0. The monoisotopic (exact) mass is 189 g/mol. The molecule has 0 saturated carbocycles. The van der Waals surface area contributed by atoms with Crippen LogP contribution in [0, 0.1) is 0 Å². The van der Waals surface area contributed by atoms with E-state index in [2.05, 4.69) is 4.98 Å². The highest BCUT2D eigenvalue weighted by atomic mass is 16.1. The molecule has 0 spiro atoms. The second kappa shape index (κ2) is 3.23. The minimum atomic E-state index is -0.491. The number of fused-ring (bicyclic) bond motifs is 1. The van der Waals surface area contributed by atoms with E-state index in [-0.39, 0.29) is 5.78 Å². The lowest BCUT2D eigenvalue weighted by Gasteiger charge is -2.02. The number of hydrogen-bond donors (Lipinski definition) is 1.